The molecule has 0 N–H and O–H groups in total. The fraction of sp³-hybridized carbons (Fsp3) is 0.200. The molecule has 5 nitrogen and oxygen atoms in total. The molecule has 2 rings (SSSR count). The van der Waals surface area contributed by atoms with Gasteiger partial charge < -0.3 is 14.2 Å². The van der Waals surface area contributed by atoms with Gasteiger partial charge in [0.05, 0.1) is 19.8 Å². The van der Waals surface area contributed by atoms with E-state index in [1.54, 1.807) is 0 Å². The summed E-state index contributed by atoms with van der Waals surface area (Å²) in [6, 6.07) is 6.33. The summed E-state index contributed by atoms with van der Waals surface area (Å²) in [5.74, 6) is -0.393. The minimum Gasteiger partial charge on any atom is -0.493 e. The number of esters is 2. The lowest BCUT2D eigenvalue weighted by atomic mass is 10.2. The largest absolute Gasteiger partial charge is 0.493 e. The van der Waals surface area contributed by atoms with Crippen molar-refractivity contribution in [3.8, 4) is 11.5 Å². The van der Waals surface area contributed by atoms with Gasteiger partial charge >= 0.3 is 11.9 Å². The van der Waals surface area contributed by atoms with E-state index in [2.05, 4.69) is 4.74 Å². The molecule has 21 heavy (non-hydrogen) atoms. The first-order valence-corrected chi connectivity index (χ1v) is 6.97. The zero-order valence-electron chi connectivity index (χ0n) is 11.8. The van der Waals surface area contributed by atoms with Gasteiger partial charge in [-0.05, 0) is 42.1 Å². The van der Waals surface area contributed by atoms with E-state index >= 15 is 0 Å². The van der Waals surface area contributed by atoms with Crippen LogP contribution in [-0.4, -0.2) is 26.2 Å². The lowest BCUT2D eigenvalue weighted by molar-refractivity contribution is 0.0600. The Morgan fingerprint density at radius 3 is 2.38 bits per heavy atom. The van der Waals surface area contributed by atoms with Gasteiger partial charge in [0.25, 0.3) is 0 Å². The van der Waals surface area contributed by atoms with Crippen LogP contribution in [0, 0.1) is 6.92 Å². The summed E-state index contributed by atoms with van der Waals surface area (Å²) in [6.07, 6.45) is 0. The van der Waals surface area contributed by atoms with Crippen molar-refractivity contribution in [3.05, 3.63) is 45.6 Å². The first-order chi connectivity index (χ1) is 10.1. The van der Waals surface area contributed by atoms with E-state index < -0.39 is 11.9 Å². The van der Waals surface area contributed by atoms with Gasteiger partial charge in [0, 0.05) is 0 Å². The molecule has 0 amide bonds. The van der Waals surface area contributed by atoms with E-state index in [9.17, 15) is 9.59 Å². The highest BCUT2D eigenvalue weighted by atomic mass is 32.1. The van der Waals surface area contributed by atoms with Crippen molar-refractivity contribution < 1.29 is 23.8 Å². The zero-order chi connectivity index (χ0) is 15.4. The molecule has 0 saturated carbocycles. The molecule has 0 bridgehead atoms. The number of hydrogen-bond acceptors (Lipinski definition) is 6. The quantitative estimate of drug-likeness (QED) is 0.641. The predicted molar refractivity (Wildman–Crippen MR) is 78.3 cm³/mol. The summed E-state index contributed by atoms with van der Waals surface area (Å²) in [5, 5.41) is 1.82. The van der Waals surface area contributed by atoms with Gasteiger partial charge in [0.2, 0.25) is 0 Å². The Bertz CT molecular complexity index is 674. The fourth-order valence-electron chi connectivity index (χ4n) is 1.72. The standard InChI is InChI=1S/C15H14O5S/c1-9-6-7-21-13(9)15(17)20-11-5-4-10(14(16)19-3)8-12(11)18-2/h4-8H,1-3H3. The van der Waals surface area contributed by atoms with Gasteiger partial charge in [0.1, 0.15) is 4.88 Å². The van der Waals surface area contributed by atoms with E-state index in [0.717, 1.165) is 5.56 Å². The van der Waals surface area contributed by atoms with E-state index in [1.165, 1.54) is 43.8 Å². The molecule has 6 heteroatoms. The van der Waals surface area contributed by atoms with Gasteiger partial charge in [0.15, 0.2) is 11.5 Å². The summed E-state index contributed by atoms with van der Waals surface area (Å²) >= 11 is 1.31. The normalized spacial score (nSPS) is 10.0. The van der Waals surface area contributed by atoms with Gasteiger partial charge in [-0.1, -0.05) is 0 Å². The number of ether oxygens (including phenoxy) is 3. The average Bonchev–Trinajstić information content (AvgIpc) is 2.93. The molecule has 0 saturated heterocycles. The molecule has 1 aromatic carbocycles. The SMILES string of the molecule is COC(=O)c1ccc(OC(=O)c2sccc2C)c(OC)c1. The van der Waals surface area contributed by atoms with Crippen LogP contribution in [0.15, 0.2) is 29.6 Å². The predicted octanol–water partition coefficient (Wildman–Crippen LogP) is 3.07. The van der Waals surface area contributed by atoms with Crippen molar-refractivity contribution in [1.29, 1.82) is 0 Å². The van der Waals surface area contributed by atoms with E-state index in [0.29, 0.717) is 16.2 Å². The molecule has 1 aromatic heterocycles. The molecule has 2 aromatic rings. The molecule has 0 unspecified atom stereocenters. The van der Waals surface area contributed by atoms with Crippen LogP contribution >= 0.6 is 11.3 Å². The topological polar surface area (TPSA) is 61.8 Å². The molecular weight excluding hydrogens is 292 g/mol. The summed E-state index contributed by atoms with van der Waals surface area (Å²) in [5.41, 5.74) is 1.18. The lowest BCUT2D eigenvalue weighted by Gasteiger charge is -2.10. The molecule has 0 fully saturated rings. The second kappa shape index (κ2) is 6.41. The third kappa shape index (κ3) is 3.22. The van der Waals surface area contributed by atoms with Crippen LogP contribution < -0.4 is 9.47 Å². The summed E-state index contributed by atoms with van der Waals surface area (Å²) in [6.45, 7) is 1.84. The number of thiophene rings is 1. The monoisotopic (exact) mass is 306 g/mol. The second-order valence-electron chi connectivity index (χ2n) is 4.18. The Hall–Kier alpha value is -2.34. The van der Waals surface area contributed by atoms with Crippen LogP contribution in [0.3, 0.4) is 0 Å². The Morgan fingerprint density at radius 2 is 1.81 bits per heavy atom. The van der Waals surface area contributed by atoms with Gasteiger partial charge in [-0.15, -0.1) is 11.3 Å². The van der Waals surface area contributed by atoms with Crippen molar-refractivity contribution in [1.82, 2.24) is 0 Å². The minimum absolute atomic E-state index is 0.253. The maximum absolute atomic E-state index is 12.1. The van der Waals surface area contributed by atoms with Crippen LogP contribution in [0.1, 0.15) is 25.6 Å². The molecule has 0 aliphatic carbocycles. The Balaban J connectivity index is 2.26. The lowest BCUT2D eigenvalue weighted by Crippen LogP contribution is -2.09. The molecule has 0 aliphatic rings. The molecule has 0 aliphatic heterocycles. The Kier molecular flexibility index (Phi) is 4.59. The van der Waals surface area contributed by atoms with E-state index in [4.69, 9.17) is 9.47 Å². The van der Waals surface area contributed by atoms with Crippen molar-refractivity contribution in [3.63, 3.8) is 0 Å². The van der Waals surface area contributed by atoms with Crippen LogP contribution in [0.2, 0.25) is 0 Å². The van der Waals surface area contributed by atoms with Crippen molar-refractivity contribution in [2.45, 2.75) is 6.92 Å². The van der Waals surface area contributed by atoms with Crippen LogP contribution in [0.4, 0.5) is 0 Å². The third-order valence-corrected chi connectivity index (χ3v) is 3.83. The minimum atomic E-state index is -0.486. The number of benzene rings is 1. The van der Waals surface area contributed by atoms with Crippen molar-refractivity contribution in [2.24, 2.45) is 0 Å². The first kappa shape index (κ1) is 15.1. The summed E-state index contributed by atoms with van der Waals surface area (Å²) in [7, 11) is 2.73. The number of rotatable bonds is 4. The number of hydrogen-bond donors (Lipinski definition) is 0. The highest BCUT2D eigenvalue weighted by molar-refractivity contribution is 7.12. The fourth-order valence-corrected chi connectivity index (χ4v) is 2.52. The molecule has 0 radical (unpaired) electrons. The molecular formula is C15H14O5S. The number of carbonyl (C=O) groups is 2. The van der Waals surface area contributed by atoms with Gasteiger partial charge in [-0.2, -0.15) is 0 Å². The number of carbonyl (C=O) groups excluding carboxylic acids is 2. The maximum atomic E-state index is 12.1. The first-order valence-electron chi connectivity index (χ1n) is 6.09. The maximum Gasteiger partial charge on any atom is 0.354 e. The molecule has 0 spiro atoms. The van der Waals surface area contributed by atoms with Crippen molar-refractivity contribution >= 4 is 23.3 Å². The average molecular weight is 306 g/mol. The highest BCUT2D eigenvalue weighted by Gasteiger charge is 2.17. The molecule has 1 heterocycles. The van der Waals surface area contributed by atoms with E-state index in [-0.39, 0.29) is 5.75 Å². The summed E-state index contributed by atoms with van der Waals surface area (Å²) in [4.78, 5) is 24.1. The van der Waals surface area contributed by atoms with Crippen LogP contribution in [0.25, 0.3) is 0 Å². The molecule has 0 atom stereocenters. The van der Waals surface area contributed by atoms with Gasteiger partial charge in [-0.3, -0.25) is 0 Å². The second-order valence-corrected chi connectivity index (χ2v) is 5.10. The van der Waals surface area contributed by atoms with Crippen LogP contribution in [-0.2, 0) is 4.74 Å². The number of methoxy groups -OCH3 is 2. The smallest absolute Gasteiger partial charge is 0.354 e. The summed E-state index contributed by atoms with van der Waals surface area (Å²) < 4.78 is 15.1. The van der Waals surface area contributed by atoms with Gasteiger partial charge in [-0.25, -0.2) is 9.59 Å². The van der Waals surface area contributed by atoms with Crippen LogP contribution in [0.5, 0.6) is 11.5 Å². The Morgan fingerprint density at radius 1 is 1.05 bits per heavy atom. The highest BCUT2D eigenvalue weighted by Crippen LogP contribution is 2.30. The third-order valence-electron chi connectivity index (χ3n) is 2.83. The number of aryl methyl sites for hydroxylation is 1. The van der Waals surface area contributed by atoms with Crippen molar-refractivity contribution in [2.75, 3.05) is 14.2 Å². The molecule has 110 valence electrons. The zero-order valence-corrected chi connectivity index (χ0v) is 12.7. The van der Waals surface area contributed by atoms with E-state index in [1.807, 2.05) is 18.4 Å². The Labute approximate surface area is 126 Å².